The van der Waals surface area contributed by atoms with Crippen molar-refractivity contribution in [3.63, 3.8) is 0 Å². The molecule has 1 fully saturated rings. The number of rotatable bonds is 5. The smallest absolute Gasteiger partial charge is 0.236 e. The Morgan fingerprint density at radius 2 is 1.88 bits per heavy atom. The molecule has 0 bridgehead atoms. The number of hydrogen-bond donors (Lipinski definition) is 1. The van der Waals surface area contributed by atoms with Crippen molar-refractivity contribution in [2.75, 3.05) is 39.8 Å². The van der Waals surface area contributed by atoms with Crippen LogP contribution in [0.1, 0.15) is 19.8 Å². The van der Waals surface area contributed by atoms with Gasteiger partial charge in [0.1, 0.15) is 0 Å². The van der Waals surface area contributed by atoms with Crippen LogP contribution in [0.2, 0.25) is 0 Å². The van der Waals surface area contributed by atoms with Gasteiger partial charge in [0.25, 0.3) is 0 Å². The van der Waals surface area contributed by atoms with E-state index < -0.39 is 0 Å². The summed E-state index contributed by atoms with van der Waals surface area (Å²) in [6, 6.07) is 0. The number of carbonyl (C=O) groups excluding carboxylic acids is 2. The van der Waals surface area contributed by atoms with Gasteiger partial charge in [-0.3, -0.25) is 14.9 Å². The molecule has 2 amide bonds. The van der Waals surface area contributed by atoms with Gasteiger partial charge < -0.3 is 9.80 Å². The normalized spacial score (nSPS) is 15.2. The van der Waals surface area contributed by atoms with E-state index in [0.29, 0.717) is 6.54 Å². The highest BCUT2D eigenvalue weighted by atomic mass is 16.2. The molecule has 1 aliphatic heterocycles. The van der Waals surface area contributed by atoms with Gasteiger partial charge in [0, 0.05) is 26.7 Å². The lowest BCUT2D eigenvalue weighted by molar-refractivity contribution is -0.130. The molecule has 5 nitrogen and oxygen atoms in total. The van der Waals surface area contributed by atoms with Gasteiger partial charge in [-0.05, 0) is 19.8 Å². The van der Waals surface area contributed by atoms with Crippen LogP contribution in [0.5, 0.6) is 0 Å². The Balaban J connectivity index is 2.14. The quantitative estimate of drug-likeness (QED) is 0.700. The van der Waals surface area contributed by atoms with E-state index in [0.717, 1.165) is 25.9 Å². The molecule has 5 heteroatoms. The second-order valence-electron chi connectivity index (χ2n) is 4.10. The number of likely N-dealkylation sites (N-methyl/N-ethyl adjacent to an activating group) is 1. The largest absolute Gasteiger partial charge is 0.345 e. The summed E-state index contributed by atoms with van der Waals surface area (Å²) < 4.78 is 0. The van der Waals surface area contributed by atoms with E-state index in [1.54, 1.807) is 11.9 Å². The zero-order valence-corrected chi connectivity index (χ0v) is 10.2. The molecule has 92 valence electrons. The third kappa shape index (κ3) is 3.81. The number of hydrogen-bond acceptors (Lipinski definition) is 3. The molecule has 1 aliphatic rings. The standard InChI is InChI=1S/C11H21N3O2/c1-3-13(2)10(15)8-12-9-11(16)14-6-4-5-7-14/h12H,3-9H2,1-2H3. The van der Waals surface area contributed by atoms with Gasteiger partial charge >= 0.3 is 0 Å². The summed E-state index contributed by atoms with van der Waals surface area (Å²) in [6.45, 7) is 4.85. The Kier molecular flexibility index (Phi) is 5.25. The van der Waals surface area contributed by atoms with Crippen molar-refractivity contribution in [3.05, 3.63) is 0 Å². The predicted molar refractivity (Wildman–Crippen MR) is 62.0 cm³/mol. The van der Waals surface area contributed by atoms with Gasteiger partial charge in [-0.25, -0.2) is 0 Å². The fourth-order valence-electron chi connectivity index (χ4n) is 1.67. The van der Waals surface area contributed by atoms with E-state index in [1.807, 2.05) is 11.8 Å². The third-order valence-corrected chi connectivity index (χ3v) is 2.91. The molecule has 1 saturated heterocycles. The van der Waals surface area contributed by atoms with E-state index in [9.17, 15) is 9.59 Å². The molecule has 1 rings (SSSR count). The maximum Gasteiger partial charge on any atom is 0.236 e. The molecule has 16 heavy (non-hydrogen) atoms. The summed E-state index contributed by atoms with van der Waals surface area (Å²) in [5.41, 5.74) is 0. The molecule has 0 aromatic heterocycles. The molecule has 0 saturated carbocycles. The predicted octanol–water partition coefficient (Wildman–Crippen LogP) is -0.323. The number of nitrogens with one attached hydrogen (secondary N) is 1. The maximum absolute atomic E-state index is 11.6. The van der Waals surface area contributed by atoms with E-state index in [-0.39, 0.29) is 24.9 Å². The van der Waals surface area contributed by atoms with Crippen LogP contribution in [0.25, 0.3) is 0 Å². The number of likely N-dealkylation sites (tertiary alicyclic amines) is 1. The first kappa shape index (κ1) is 13.0. The lowest BCUT2D eigenvalue weighted by atomic mass is 10.4. The van der Waals surface area contributed by atoms with Gasteiger partial charge in [-0.2, -0.15) is 0 Å². The fraction of sp³-hybridized carbons (Fsp3) is 0.818. The summed E-state index contributed by atoms with van der Waals surface area (Å²) in [6.07, 6.45) is 2.20. The van der Waals surface area contributed by atoms with Crippen LogP contribution in [0.3, 0.4) is 0 Å². The summed E-state index contributed by atoms with van der Waals surface area (Å²) in [4.78, 5) is 26.5. The second-order valence-corrected chi connectivity index (χ2v) is 4.10. The maximum atomic E-state index is 11.6. The topological polar surface area (TPSA) is 52.7 Å². The van der Waals surface area contributed by atoms with E-state index >= 15 is 0 Å². The fourth-order valence-corrected chi connectivity index (χ4v) is 1.67. The lowest BCUT2D eigenvalue weighted by Gasteiger charge is -2.17. The van der Waals surface area contributed by atoms with E-state index in [4.69, 9.17) is 0 Å². The molecule has 0 atom stereocenters. The van der Waals surface area contributed by atoms with Crippen LogP contribution >= 0.6 is 0 Å². The third-order valence-electron chi connectivity index (χ3n) is 2.91. The molecule has 1 N–H and O–H groups in total. The molecule has 0 aromatic carbocycles. The zero-order chi connectivity index (χ0) is 12.0. The average molecular weight is 227 g/mol. The Morgan fingerprint density at radius 3 is 2.44 bits per heavy atom. The molecule has 0 unspecified atom stereocenters. The Hall–Kier alpha value is -1.10. The summed E-state index contributed by atoms with van der Waals surface area (Å²) in [5, 5.41) is 2.89. The highest BCUT2D eigenvalue weighted by Gasteiger charge is 2.17. The zero-order valence-electron chi connectivity index (χ0n) is 10.2. The van der Waals surface area contributed by atoms with E-state index in [1.165, 1.54) is 0 Å². The molecule has 0 aliphatic carbocycles. The highest BCUT2D eigenvalue weighted by molar-refractivity contribution is 5.81. The first-order valence-corrected chi connectivity index (χ1v) is 5.87. The minimum absolute atomic E-state index is 0.0247. The van der Waals surface area contributed by atoms with Gasteiger partial charge in [0.15, 0.2) is 0 Å². The number of nitrogens with zero attached hydrogens (tertiary/aromatic N) is 2. The van der Waals surface area contributed by atoms with Gasteiger partial charge in [0.2, 0.25) is 11.8 Å². The molecule has 1 heterocycles. The van der Waals surface area contributed by atoms with Crippen molar-refractivity contribution < 1.29 is 9.59 Å². The molecule has 0 aromatic rings. The number of carbonyl (C=O) groups is 2. The molecular weight excluding hydrogens is 206 g/mol. The second kappa shape index (κ2) is 6.48. The summed E-state index contributed by atoms with van der Waals surface area (Å²) in [7, 11) is 1.76. The number of amides is 2. The molecule has 0 radical (unpaired) electrons. The van der Waals surface area contributed by atoms with Crippen molar-refractivity contribution in [1.82, 2.24) is 15.1 Å². The molecular formula is C11H21N3O2. The van der Waals surface area contributed by atoms with Crippen LogP contribution in [-0.2, 0) is 9.59 Å². The van der Waals surface area contributed by atoms with Crippen LogP contribution in [0.4, 0.5) is 0 Å². The Morgan fingerprint density at radius 1 is 1.25 bits per heavy atom. The first-order chi connectivity index (χ1) is 7.65. The van der Waals surface area contributed by atoms with Crippen molar-refractivity contribution >= 4 is 11.8 Å². The summed E-state index contributed by atoms with van der Waals surface area (Å²) in [5.74, 6) is 0.126. The lowest BCUT2D eigenvalue weighted by Crippen LogP contribution is -2.41. The Labute approximate surface area is 96.8 Å². The van der Waals surface area contributed by atoms with Crippen LogP contribution in [0.15, 0.2) is 0 Å². The highest BCUT2D eigenvalue weighted by Crippen LogP contribution is 2.06. The van der Waals surface area contributed by atoms with Gasteiger partial charge in [0.05, 0.1) is 13.1 Å². The minimum atomic E-state index is 0.0247. The monoisotopic (exact) mass is 227 g/mol. The summed E-state index contributed by atoms with van der Waals surface area (Å²) >= 11 is 0. The SMILES string of the molecule is CCN(C)C(=O)CNCC(=O)N1CCCC1. The minimum Gasteiger partial charge on any atom is -0.345 e. The van der Waals surface area contributed by atoms with Crippen molar-refractivity contribution in [3.8, 4) is 0 Å². The van der Waals surface area contributed by atoms with Gasteiger partial charge in [-0.1, -0.05) is 0 Å². The van der Waals surface area contributed by atoms with Crippen molar-refractivity contribution in [2.45, 2.75) is 19.8 Å². The molecule has 0 spiro atoms. The average Bonchev–Trinajstić information content (AvgIpc) is 2.81. The van der Waals surface area contributed by atoms with Gasteiger partial charge in [-0.15, -0.1) is 0 Å². The van der Waals surface area contributed by atoms with Crippen LogP contribution in [0, 0.1) is 0 Å². The van der Waals surface area contributed by atoms with E-state index in [2.05, 4.69) is 5.32 Å². The van der Waals surface area contributed by atoms with Crippen LogP contribution < -0.4 is 5.32 Å². The Bertz CT molecular complexity index is 250. The van der Waals surface area contributed by atoms with Crippen LogP contribution in [-0.4, -0.2) is 61.4 Å². The van der Waals surface area contributed by atoms with Crippen molar-refractivity contribution in [2.24, 2.45) is 0 Å². The first-order valence-electron chi connectivity index (χ1n) is 5.87. The van der Waals surface area contributed by atoms with Crippen molar-refractivity contribution in [1.29, 1.82) is 0 Å².